The molecule has 1 saturated carbocycles. The minimum absolute atomic E-state index is 0.179. The summed E-state index contributed by atoms with van der Waals surface area (Å²) in [5.74, 6) is 0.449. The maximum atomic E-state index is 11.1. The Bertz CT molecular complexity index is 436. The van der Waals surface area contributed by atoms with Gasteiger partial charge in [-0.25, -0.2) is 0 Å². The molecular formula is C18H27NO2. The third kappa shape index (κ3) is 4.85. The van der Waals surface area contributed by atoms with E-state index >= 15 is 0 Å². The van der Waals surface area contributed by atoms with Crippen molar-refractivity contribution in [1.82, 2.24) is 4.90 Å². The summed E-state index contributed by atoms with van der Waals surface area (Å²) in [6, 6.07) is 11.1. The molecule has 1 aromatic rings. The summed E-state index contributed by atoms with van der Waals surface area (Å²) >= 11 is 0. The zero-order chi connectivity index (χ0) is 15.2. The average molecular weight is 289 g/mol. The van der Waals surface area contributed by atoms with Gasteiger partial charge >= 0.3 is 5.97 Å². The third-order valence-electron chi connectivity index (χ3n) is 4.42. The van der Waals surface area contributed by atoms with Crippen molar-refractivity contribution < 1.29 is 9.90 Å². The van der Waals surface area contributed by atoms with E-state index in [-0.39, 0.29) is 6.54 Å². The number of nitrogens with zero attached hydrogens (tertiary/aromatic N) is 1. The van der Waals surface area contributed by atoms with Crippen LogP contribution in [-0.4, -0.2) is 35.1 Å². The maximum absolute atomic E-state index is 11.1. The minimum atomic E-state index is -0.708. The lowest BCUT2D eigenvalue weighted by Crippen LogP contribution is -2.43. The number of hydrogen-bond donors (Lipinski definition) is 1. The molecule has 0 unspecified atom stereocenters. The highest BCUT2D eigenvalue weighted by atomic mass is 16.4. The van der Waals surface area contributed by atoms with E-state index in [9.17, 15) is 4.79 Å². The molecule has 1 aliphatic rings. The minimum Gasteiger partial charge on any atom is -0.480 e. The second-order valence-electron chi connectivity index (χ2n) is 6.63. The second-order valence-corrected chi connectivity index (χ2v) is 6.63. The van der Waals surface area contributed by atoms with E-state index in [1.54, 1.807) is 0 Å². The summed E-state index contributed by atoms with van der Waals surface area (Å²) < 4.78 is 0. The number of hydrogen-bond acceptors (Lipinski definition) is 2. The zero-order valence-electron chi connectivity index (χ0n) is 13.2. The van der Waals surface area contributed by atoms with Crippen LogP contribution in [0.2, 0.25) is 0 Å². The molecule has 0 saturated heterocycles. The first-order valence-electron chi connectivity index (χ1n) is 8.07. The Balaban J connectivity index is 1.92. The van der Waals surface area contributed by atoms with Crippen LogP contribution in [0.15, 0.2) is 30.3 Å². The molecule has 3 heteroatoms. The molecule has 2 rings (SSSR count). The van der Waals surface area contributed by atoms with Gasteiger partial charge in [0.05, 0.1) is 6.54 Å². The topological polar surface area (TPSA) is 40.5 Å². The SMILES string of the molecule is CC(C)CN(CC(=O)O)C1CCC(c2ccccc2)CC1. The van der Waals surface area contributed by atoms with Crippen molar-refractivity contribution in [1.29, 1.82) is 0 Å². The van der Waals surface area contributed by atoms with Crippen molar-refractivity contribution in [3.63, 3.8) is 0 Å². The molecule has 1 fully saturated rings. The molecule has 0 spiro atoms. The van der Waals surface area contributed by atoms with Gasteiger partial charge in [0.1, 0.15) is 0 Å². The number of rotatable bonds is 6. The molecule has 116 valence electrons. The van der Waals surface area contributed by atoms with Crippen LogP contribution in [0.3, 0.4) is 0 Å². The zero-order valence-corrected chi connectivity index (χ0v) is 13.2. The molecule has 1 aliphatic carbocycles. The van der Waals surface area contributed by atoms with Crippen LogP contribution >= 0.6 is 0 Å². The monoisotopic (exact) mass is 289 g/mol. The van der Waals surface area contributed by atoms with Gasteiger partial charge in [0, 0.05) is 12.6 Å². The molecule has 0 radical (unpaired) electrons. The molecule has 0 aliphatic heterocycles. The van der Waals surface area contributed by atoms with Crippen molar-refractivity contribution in [3.05, 3.63) is 35.9 Å². The highest BCUT2D eigenvalue weighted by Crippen LogP contribution is 2.34. The Hall–Kier alpha value is -1.35. The lowest BCUT2D eigenvalue weighted by atomic mass is 9.81. The van der Waals surface area contributed by atoms with Crippen LogP contribution in [-0.2, 0) is 4.79 Å². The standard InChI is InChI=1S/C18H27NO2/c1-14(2)12-19(13-18(20)21)17-10-8-16(9-11-17)15-6-4-3-5-7-15/h3-7,14,16-17H,8-13H2,1-2H3,(H,20,21). The average Bonchev–Trinajstić information content (AvgIpc) is 2.47. The van der Waals surface area contributed by atoms with E-state index < -0.39 is 5.97 Å². The second kappa shape index (κ2) is 7.60. The maximum Gasteiger partial charge on any atom is 0.317 e. The highest BCUT2D eigenvalue weighted by Gasteiger charge is 2.27. The predicted molar refractivity (Wildman–Crippen MR) is 85.5 cm³/mol. The van der Waals surface area contributed by atoms with Gasteiger partial charge in [0.2, 0.25) is 0 Å². The van der Waals surface area contributed by atoms with Crippen LogP contribution in [0.25, 0.3) is 0 Å². The van der Waals surface area contributed by atoms with E-state index in [2.05, 4.69) is 49.1 Å². The normalized spacial score (nSPS) is 22.7. The number of carboxylic acid groups (broad SMARTS) is 1. The van der Waals surface area contributed by atoms with Gasteiger partial charge in [-0.1, -0.05) is 44.2 Å². The van der Waals surface area contributed by atoms with Crippen molar-refractivity contribution in [2.45, 2.75) is 51.5 Å². The summed E-state index contributed by atoms with van der Waals surface area (Å²) in [6.45, 7) is 5.38. The molecule has 0 aromatic heterocycles. The lowest BCUT2D eigenvalue weighted by molar-refractivity contribution is -0.139. The number of benzene rings is 1. The molecule has 3 nitrogen and oxygen atoms in total. The Morgan fingerprint density at radius 3 is 2.33 bits per heavy atom. The predicted octanol–water partition coefficient (Wildman–Crippen LogP) is 3.76. The molecular weight excluding hydrogens is 262 g/mol. The van der Waals surface area contributed by atoms with Crippen molar-refractivity contribution >= 4 is 5.97 Å². The van der Waals surface area contributed by atoms with Crippen molar-refractivity contribution in [3.8, 4) is 0 Å². The Morgan fingerprint density at radius 1 is 1.19 bits per heavy atom. The van der Waals surface area contributed by atoms with Crippen LogP contribution in [0, 0.1) is 5.92 Å². The Morgan fingerprint density at radius 2 is 1.81 bits per heavy atom. The number of aliphatic carboxylic acids is 1. The van der Waals surface area contributed by atoms with E-state index in [4.69, 9.17) is 5.11 Å². The summed E-state index contributed by atoms with van der Waals surface area (Å²) in [5.41, 5.74) is 1.43. The molecule has 0 atom stereocenters. The van der Waals surface area contributed by atoms with Crippen LogP contribution in [0.1, 0.15) is 51.0 Å². The fourth-order valence-corrected chi connectivity index (χ4v) is 3.48. The van der Waals surface area contributed by atoms with E-state index in [1.165, 1.54) is 18.4 Å². The smallest absolute Gasteiger partial charge is 0.317 e. The molecule has 1 N–H and O–H groups in total. The van der Waals surface area contributed by atoms with Gasteiger partial charge in [0.25, 0.3) is 0 Å². The van der Waals surface area contributed by atoms with E-state index in [1.807, 2.05) is 0 Å². The first-order valence-corrected chi connectivity index (χ1v) is 8.07. The van der Waals surface area contributed by atoms with Crippen LogP contribution < -0.4 is 0 Å². The first-order chi connectivity index (χ1) is 10.1. The van der Waals surface area contributed by atoms with Gasteiger partial charge in [-0.15, -0.1) is 0 Å². The first kappa shape index (κ1) is 16.0. The fraction of sp³-hybridized carbons (Fsp3) is 0.611. The van der Waals surface area contributed by atoms with E-state index in [0.29, 0.717) is 17.9 Å². The highest BCUT2D eigenvalue weighted by molar-refractivity contribution is 5.69. The van der Waals surface area contributed by atoms with Crippen molar-refractivity contribution in [2.24, 2.45) is 5.92 Å². The van der Waals surface area contributed by atoms with Gasteiger partial charge < -0.3 is 5.11 Å². The quantitative estimate of drug-likeness (QED) is 0.867. The fourth-order valence-electron chi connectivity index (χ4n) is 3.48. The van der Waals surface area contributed by atoms with E-state index in [0.717, 1.165) is 19.4 Å². The summed E-state index contributed by atoms with van der Waals surface area (Å²) in [4.78, 5) is 13.3. The summed E-state index contributed by atoms with van der Waals surface area (Å²) in [7, 11) is 0. The van der Waals surface area contributed by atoms with Crippen LogP contribution in [0.5, 0.6) is 0 Å². The summed E-state index contributed by atoms with van der Waals surface area (Å²) in [6.07, 6.45) is 4.56. The molecule has 0 amide bonds. The third-order valence-corrected chi connectivity index (χ3v) is 4.42. The van der Waals surface area contributed by atoms with Gasteiger partial charge in [-0.2, -0.15) is 0 Å². The summed E-state index contributed by atoms with van der Waals surface area (Å²) in [5, 5.41) is 9.12. The lowest BCUT2D eigenvalue weighted by Gasteiger charge is -2.37. The Kier molecular flexibility index (Phi) is 5.80. The molecule has 0 heterocycles. The molecule has 21 heavy (non-hydrogen) atoms. The van der Waals surface area contributed by atoms with Crippen molar-refractivity contribution in [2.75, 3.05) is 13.1 Å². The molecule has 1 aromatic carbocycles. The van der Waals surface area contributed by atoms with Gasteiger partial charge in [-0.05, 0) is 43.1 Å². The van der Waals surface area contributed by atoms with Gasteiger partial charge in [-0.3, -0.25) is 9.69 Å². The molecule has 0 bridgehead atoms. The number of carboxylic acids is 1. The number of carbonyl (C=O) groups is 1. The van der Waals surface area contributed by atoms with Gasteiger partial charge in [0.15, 0.2) is 0 Å². The van der Waals surface area contributed by atoms with Crippen LogP contribution in [0.4, 0.5) is 0 Å². The Labute approximate surface area is 128 Å². The largest absolute Gasteiger partial charge is 0.480 e.